The number of nitrogens with zero attached hydrogens (tertiary/aromatic N) is 4. The molecule has 5 nitrogen and oxygen atoms in total. The third-order valence-electron chi connectivity index (χ3n) is 4.01. The summed E-state index contributed by atoms with van der Waals surface area (Å²) in [6.07, 6.45) is 0. The monoisotopic (exact) mass is 332 g/mol. The van der Waals surface area contributed by atoms with Gasteiger partial charge in [-0.3, -0.25) is 0 Å². The number of rotatable bonds is 2. The van der Waals surface area contributed by atoms with E-state index in [9.17, 15) is 0 Å². The summed E-state index contributed by atoms with van der Waals surface area (Å²) in [6, 6.07) is 18.1. The number of aromatic nitrogens is 4. The van der Waals surface area contributed by atoms with Crippen LogP contribution in [-0.2, 0) is 0 Å². The highest BCUT2D eigenvalue weighted by molar-refractivity contribution is 7.19. The highest BCUT2D eigenvalue weighted by Crippen LogP contribution is 2.31. The van der Waals surface area contributed by atoms with Crippen molar-refractivity contribution in [3.05, 3.63) is 60.2 Å². The maximum absolute atomic E-state index is 5.90. The number of benzene rings is 2. The average molecular weight is 332 g/mol. The molecule has 0 saturated carbocycles. The van der Waals surface area contributed by atoms with Gasteiger partial charge in [0.1, 0.15) is 10.6 Å². The van der Waals surface area contributed by atoms with Crippen molar-refractivity contribution in [3.63, 3.8) is 0 Å². The fraction of sp³-hybridized carbons (Fsp3) is 0.0556. The summed E-state index contributed by atoms with van der Waals surface area (Å²) in [7, 11) is 0. The summed E-state index contributed by atoms with van der Waals surface area (Å²) in [5.74, 6) is 1.29. The van der Waals surface area contributed by atoms with Crippen molar-refractivity contribution in [1.29, 1.82) is 0 Å². The van der Waals surface area contributed by atoms with Gasteiger partial charge in [-0.2, -0.15) is 9.61 Å². The first-order chi connectivity index (χ1) is 11.8. The highest BCUT2D eigenvalue weighted by atomic mass is 32.1. The van der Waals surface area contributed by atoms with Crippen LogP contribution >= 0.6 is 11.3 Å². The molecule has 0 aliphatic heterocycles. The third-order valence-corrected chi connectivity index (χ3v) is 4.94. The Labute approximate surface area is 141 Å². The van der Waals surface area contributed by atoms with E-state index < -0.39 is 0 Å². The van der Waals surface area contributed by atoms with Crippen molar-refractivity contribution >= 4 is 27.3 Å². The van der Waals surface area contributed by atoms with Gasteiger partial charge in [-0.15, -0.1) is 10.2 Å². The molecule has 0 aliphatic carbocycles. The molecule has 0 spiro atoms. The van der Waals surface area contributed by atoms with E-state index >= 15 is 0 Å². The van der Waals surface area contributed by atoms with E-state index in [0.717, 1.165) is 26.5 Å². The molecule has 0 aliphatic rings. The van der Waals surface area contributed by atoms with Crippen LogP contribution in [0.2, 0.25) is 0 Å². The molecule has 116 valence electrons. The van der Waals surface area contributed by atoms with Crippen molar-refractivity contribution < 1.29 is 4.42 Å². The van der Waals surface area contributed by atoms with Crippen molar-refractivity contribution in [2.45, 2.75) is 6.92 Å². The van der Waals surface area contributed by atoms with Gasteiger partial charge in [-0.1, -0.05) is 53.8 Å². The topological polar surface area (TPSA) is 56.2 Å². The molecular formula is C18H12N4OS. The van der Waals surface area contributed by atoms with Gasteiger partial charge < -0.3 is 4.42 Å². The van der Waals surface area contributed by atoms with E-state index in [-0.39, 0.29) is 0 Å². The maximum atomic E-state index is 5.90. The first-order valence-electron chi connectivity index (χ1n) is 7.57. The number of hydrogen-bond acceptors (Lipinski definition) is 5. The van der Waals surface area contributed by atoms with Crippen LogP contribution in [0.15, 0.2) is 59.0 Å². The van der Waals surface area contributed by atoms with E-state index in [2.05, 4.69) is 29.3 Å². The van der Waals surface area contributed by atoms with Crippen LogP contribution < -0.4 is 0 Å². The van der Waals surface area contributed by atoms with E-state index in [1.54, 1.807) is 4.52 Å². The Kier molecular flexibility index (Phi) is 2.80. The van der Waals surface area contributed by atoms with E-state index in [1.165, 1.54) is 16.9 Å². The van der Waals surface area contributed by atoms with Crippen molar-refractivity contribution in [2.75, 3.05) is 0 Å². The zero-order valence-electron chi connectivity index (χ0n) is 12.8. The average Bonchev–Trinajstić information content (AvgIpc) is 3.28. The van der Waals surface area contributed by atoms with Crippen LogP contribution in [0.25, 0.3) is 38.1 Å². The molecule has 0 unspecified atom stereocenters. The highest BCUT2D eigenvalue weighted by Gasteiger charge is 2.18. The molecule has 0 bridgehead atoms. The molecule has 5 aromatic rings. The molecule has 24 heavy (non-hydrogen) atoms. The first kappa shape index (κ1) is 13.4. The Balaban J connectivity index is 1.69. The van der Waals surface area contributed by atoms with E-state index in [4.69, 9.17) is 9.52 Å². The fourth-order valence-corrected chi connectivity index (χ4v) is 3.71. The van der Waals surface area contributed by atoms with Gasteiger partial charge in [-0.05, 0) is 24.6 Å². The fourth-order valence-electron chi connectivity index (χ4n) is 2.78. The third kappa shape index (κ3) is 1.97. The molecule has 0 N–H and O–H groups in total. The van der Waals surface area contributed by atoms with Crippen molar-refractivity contribution in [3.8, 4) is 22.2 Å². The molecule has 0 fully saturated rings. The molecule has 5 rings (SSSR count). The molecule has 6 heteroatoms. The van der Waals surface area contributed by atoms with Crippen LogP contribution in [0.1, 0.15) is 5.56 Å². The second-order valence-corrected chi connectivity index (χ2v) is 6.54. The lowest BCUT2D eigenvalue weighted by Gasteiger charge is -1.99. The Bertz CT molecular complexity index is 1150. The van der Waals surface area contributed by atoms with Gasteiger partial charge in [0, 0.05) is 10.9 Å². The van der Waals surface area contributed by atoms with E-state index in [0.29, 0.717) is 11.6 Å². The Morgan fingerprint density at radius 3 is 2.71 bits per heavy atom. The standard InChI is InChI=1S/C18H12N4OS/c1-11-6-2-4-8-13(11)17-21-22-16(19-20-18(22)24-17)15-10-12-7-3-5-9-14(12)23-15/h2-10H,1H3. The molecule has 0 radical (unpaired) electrons. The summed E-state index contributed by atoms with van der Waals surface area (Å²) in [6.45, 7) is 2.08. The smallest absolute Gasteiger partial charge is 0.235 e. The lowest BCUT2D eigenvalue weighted by molar-refractivity contribution is 0.622. The van der Waals surface area contributed by atoms with Crippen LogP contribution in [0.4, 0.5) is 0 Å². The molecule has 2 aromatic carbocycles. The second kappa shape index (κ2) is 5.01. The van der Waals surface area contributed by atoms with Crippen molar-refractivity contribution in [1.82, 2.24) is 19.8 Å². The largest absolute Gasteiger partial charge is 0.453 e. The lowest BCUT2D eigenvalue weighted by atomic mass is 10.1. The molecule has 3 aromatic heterocycles. The predicted octanol–water partition coefficient (Wildman–Crippen LogP) is 4.57. The minimum Gasteiger partial charge on any atom is -0.453 e. The Morgan fingerprint density at radius 2 is 1.83 bits per heavy atom. The number of furan rings is 1. The summed E-state index contributed by atoms with van der Waals surface area (Å²) in [5.41, 5.74) is 3.13. The van der Waals surface area contributed by atoms with Gasteiger partial charge in [0.05, 0.1) is 0 Å². The summed E-state index contributed by atoms with van der Waals surface area (Å²) in [5, 5.41) is 15.2. The predicted molar refractivity (Wildman–Crippen MR) is 94.0 cm³/mol. The quantitative estimate of drug-likeness (QED) is 0.475. The van der Waals surface area contributed by atoms with Gasteiger partial charge in [-0.25, -0.2) is 0 Å². The van der Waals surface area contributed by atoms with Gasteiger partial charge in [0.15, 0.2) is 5.76 Å². The van der Waals surface area contributed by atoms with Crippen LogP contribution in [0, 0.1) is 6.92 Å². The summed E-state index contributed by atoms with van der Waals surface area (Å²) in [4.78, 5) is 0.753. The Morgan fingerprint density at radius 1 is 1.00 bits per heavy atom. The molecule has 0 atom stereocenters. The number of para-hydroxylation sites is 1. The molecule has 3 heterocycles. The van der Waals surface area contributed by atoms with Crippen LogP contribution in [0.5, 0.6) is 0 Å². The minimum absolute atomic E-state index is 0.622. The van der Waals surface area contributed by atoms with Gasteiger partial charge >= 0.3 is 0 Å². The number of aryl methyl sites for hydroxylation is 1. The summed E-state index contributed by atoms with van der Waals surface area (Å²) >= 11 is 1.52. The Hall–Kier alpha value is -2.99. The zero-order chi connectivity index (χ0) is 16.1. The van der Waals surface area contributed by atoms with Gasteiger partial charge in [0.2, 0.25) is 10.8 Å². The molecule has 0 amide bonds. The molecule has 0 saturated heterocycles. The normalized spacial score (nSPS) is 11.5. The van der Waals surface area contributed by atoms with Crippen LogP contribution in [-0.4, -0.2) is 19.8 Å². The summed E-state index contributed by atoms with van der Waals surface area (Å²) < 4.78 is 7.65. The first-order valence-corrected chi connectivity index (χ1v) is 8.38. The maximum Gasteiger partial charge on any atom is 0.235 e. The van der Waals surface area contributed by atoms with E-state index in [1.807, 2.05) is 42.5 Å². The molecular weight excluding hydrogens is 320 g/mol. The van der Waals surface area contributed by atoms with Crippen LogP contribution in [0.3, 0.4) is 0 Å². The second-order valence-electron chi connectivity index (χ2n) is 5.59. The lowest BCUT2D eigenvalue weighted by Crippen LogP contribution is -1.90. The van der Waals surface area contributed by atoms with Crippen molar-refractivity contribution in [2.24, 2.45) is 0 Å². The zero-order valence-corrected chi connectivity index (χ0v) is 13.6. The number of hydrogen-bond donors (Lipinski definition) is 0. The van der Waals surface area contributed by atoms with Gasteiger partial charge in [0.25, 0.3) is 0 Å². The number of fused-ring (bicyclic) bond motifs is 2. The SMILES string of the molecule is Cc1ccccc1-c1nn2c(-c3cc4ccccc4o3)nnc2s1. The minimum atomic E-state index is 0.622.